The summed E-state index contributed by atoms with van der Waals surface area (Å²) in [6.07, 6.45) is 1.96. The van der Waals surface area contributed by atoms with Gasteiger partial charge in [-0.2, -0.15) is 0 Å². The topological polar surface area (TPSA) is 87.3 Å². The molecule has 2 aromatic carbocycles. The Labute approximate surface area is 158 Å². The van der Waals surface area contributed by atoms with Crippen molar-refractivity contribution in [1.82, 2.24) is 10.6 Å². The number of carbonyl (C=O) groups excluding carboxylic acids is 1. The number of piperidine rings is 1. The molecule has 2 aromatic rings. The highest BCUT2D eigenvalue weighted by atomic mass is 35.5. The third-order valence-corrected chi connectivity index (χ3v) is 5.89. The summed E-state index contributed by atoms with van der Waals surface area (Å²) in [5.41, 5.74) is 0.730. The molecule has 1 heterocycles. The zero-order chi connectivity index (χ0) is 18.6. The molecule has 0 aromatic heterocycles. The van der Waals surface area contributed by atoms with Crippen LogP contribution in [0.3, 0.4) is 0 Å². The minimum atomic E-state index is -3.78. The maximum Gasteiger partial charge on any atom is 0.261 e. The van der Waals surface area contributed by atoms with Crippen molar-refractivity contribution in [3.63, 3.8) is 0 Å². The normalized spacial score (nSPS) is 17.5. The van der Waals surface area contributed by atoms with Crippen molar-refractivity contribution >= 4 is 33.2 Å². The first-order chi connectivity index (χ1) is 12.5. The summed E-state index contributed by atoms with van der Waals surface area (Å²) in [6, 6.07) is 12.5. The average Bonchev–Trinajstić information content (AvgIpc) is 2.64. The van der Waals surface area contributed by atoms with Crippen LogP contribution in [0.5, 0.6) is 0 Å². The summed E-state index contributed by atoms with van der Waals surface area (Å²) in [4.78, 5) is 12.4. The molecule has 6 nitrogen and oxygen atoms in total. The number of benzene rings is 2. The fourth-order valence-electron chi connectivity index (χ4n) is 2.78. The molecule has 1 amide bonds. The van der Waals surface area contributed by atoms with Crippen LogP contribution < -0.4 is 15.4 Å². The molecule has 1 atom stereocenters. The van der Waals surface area contributed by atoms with E-state index >= 15 is 0 Å². The Morgan fingerprint density at radius 1 is 1.12 bits per heavy atom. The highest BCUT2D eigenvalue weighted by Crippen LogP contribution is 2.24. The maximum absolute atomic E-state index is 12.5. The second-order valence-electron chi connectivity index (χ2n) is 6.13. The number of hydrogen-bond donors (Lipinski definition) is 3. The number of nitrogens with one attached hydrogen (secondary N) is 3. The third-order valence-electron chi connectivity index (χ3n) is 4.18. The van der Waals surface area contributed by atoms with Crippen LogP contribution in [0, 0.1) is 0 Å². The van der Waals surface area contributed by atoms with E-state index in [-0.39, 0.29) is 16.8 Å². The molecule has 138 valence electrons. The van der Waals surface area contributed by atoms with Crippen LogP contribution in [0.1, 0.15) is 23.2 Å². The summed E-state index contributed by atoms with van der Waals surface area (Å²) in [6.45, 7) is 1.72. The van der Waals surface area contributed by atoms with Crippen molar-refractivity contribution in [2.24, 2.45) is 0 Å². The number of para-hydroxylation sites is 1. The summed E-state index contributed by atoms with van der Waals surface area (Å²) < 4.78 is 27.4. The first-order valence-electron chi connectivity index (χ1n) is 8.35. The van der Waals surface area contributed by atoms with Crippen LogP contribution in [0.4, 0.5) is 5.69 Å². The second-order valence-corrected chi connectivity index (χ2v) is 8.22. The van der Waals surface area contributed by atoms with Gasteiger partial charge in [0, 0.05) is 18.2 Å². The predicted molar refractivity (Wildman–Crippen MR) is 102 cm³/mol. The molecule has 8 heteroatoms. The highest BCUT2D eigenvalue weighted by molar-refractivity contribution is 7.92. The van der Waals surface area contributed by atoms with E-state index in [0.717, 1.165) is 25.9 Å². The fraction of sp³-hybridized carbons (Fsp3) is 0.278. The zero-order valence-corrected chi connectivity index (χ0v) is 15.6. The molecule has 26 heavy (non-hydrogen) atoms. The molecular weight excluding hydrogens is 374 g/mol. The van der Waals surface area contributed by atoms with Crippen LogP contribution in [0.15, 0.2) is 53.4 Å². The summed E-state index contributed by atoms with van der Waals surface area (Å²) in [7, 11) is -3.78. The average molecular weight is 394 g/mol. The highest BCUT2D eigenvalue weighted by Gasteiger charge is 2.19. The number of anilines is 1. The van der Waals surface area contributed by atoms with Gasteiger partial charge in [0.25, 0.3) is 15.9 Å². The smallest absolute Gasteiger partial charge is 0.261 e. The van der Waals surface area contributed by atoms with E-state index in [2.05, 4.69) is 15.4 Å². The van der Waals surface area contributed by atoms with E-state index in [0.29, 0.717) is 16.3 Å². The Balaban J connectivity index is 1.70. The summed E-state index contributed by atoms with van der Waals surface area (Å²) >= 11 is 5.99. The van der Waals surface area contributed by atoms with Gasteiger partial charge in [0.15, 0.2) is 0 Å². The van der Waals surface area contributed by atoms with E-state index in [1.165, 1.54) is 24.3 Å². The van der Waals surface area contributed by atoms with Gasteiger partial charge in [-0.25, -0.2) is 8.42 Å². The van der Waals surface area contributed by atoms with Crippen molar-refractivity contribution in [3.8, 4) is 0 Å². The summed E-state index contributed by atoms with van der Waals surface area (Å²) in [5.74, 6) is -0.207. The zero-order valence-electron chi connectivity index (χ0n) is 14.0. The Morgan fingerprint density at radius 2 is 1.85 bits per heavy atom. The van der Waals surface area contributed by atoms with E-state index in [1.807, 2.05) is 0 Å². The molecule has 0 aliphatic carbocycles. The molecule has 0 bridgehead atoms. The monoisotopic (exact) mass is 393 g/mol. The van der Waals surface area contributed by atoms with Gasteiger partial charge in [-0.3, -0.25) is 9.52 Å². The number of sulfonamides is 1. The minimum absolute atomic E-state index is 0.0632. The van der Waals surface area contributed by atoms with Gasteiger partial charge in [0.05, 0.1) is 15.6 Å². The third kappa shape index (κ3) is 4.55. The van der Waals surface area contributed by atoms with Crippen molar-refractivity contribution in [1.29, 1.82) is 0 Å². The predicted octanol–water partition coefficient (Wildman–Crippen LogP) is 2.62. The Hall–Kier alpha value is -2.09. The molecule has 3 rings (SSSR count). The first-order valence-corrected chi connectivity index (χ1v) is 10.2. The minimum Gasteiger partial charge on any atom is -0.348 e. The fourth-order valence-corrected chi connectivity index (χ4v) is 4.10. The van der Waals surface area contributed by atoms with Crippen LogP contribution in [0.2, 0.25) is 5.02 Å². The maximum atomic E-state index is 12.5. The van der Waals surface area contributed by atoms with Gasteiger partial charge in [0.2, 0.25) is 0 Å². The lowest BCUT2D eigenvalue weighted by Gasteiger charge is -2.23. The van der Waals surface area contributed by atoms with Crippen LogP contribution in [-0.2, 0) is 10.0 Å². The molecule has 0 spiro atoms. The van der Waals surface area contributed by atoms with E-state index < -0.39 is 10.0 Å². The van der Waals surface area contributed by atoms with Gasteiger partial charge in [-0.05, 0) is 55.8 Å². The van der Waals surface area contributed by atoms with Gasteiger partial charge < -0.3 is 10.6 Å². The standard InChI is InChI=1S/C18H20ClN3O3S/c19-16-5-1-2-6-17(16)22-26(24,25)15-9-7-13(8-10-15)18(23)21-14-4-3-11-20-12-14/h1-2,5-10,14,20,22H,3-4,11-12H2,(H,21,23). The molecule has 1 unspecified atom stereocenters. The van der Waals surface area contributed by atoms with Crippen molar-refractivity contribution in [3.05, 3.63) is 59.1 Å². The van der Waals surface area contributed by atoms with Crippen molar-refractivity contribution in [2.75, 3.05) is 17.8 Å². The van der Waals surface area contributed by atoms with Crippen molar-refractivity contribution < 1.29 is 13.2 Å². The molecule has 0 saturated carbocycles. The molecule has 1 aliphatic rings. The Morgan fingerprint density at radius 3 is 2.50 bits per heavy atom. The first kappa shape index (κ1) is 18.7. The molecule has 1 fully saturated rings. The molecule has 3 N–H and O–H groups in total. The van der Waals surface area contributed by atoms with Gasteiger partial charge in [0.1, 0.15) is 0 Å². The molecule has 0 radical (unpaired) electrons. The van der Waals surface area contributed by atoms with Gasteiger partial charge >= 0.3 is 0 Å². The van der Waals surface area contributed by atoms with Gasteiger partial charge in [-0.1, -0.05) is 23.7 Å². The molecule has 1 saturated heterocycles. The number of rotatable bonds is 5. The Bertz CT molecular complexity index is 879. The second kappa shape index (κ2) is 8.07. The van der Waals surface area contributed by atoms with Crippen LogP contribution in [0.25, 0.3) is 0 Å². The quantitative estimate of drug-likeness (QED) is 0.728. The van der Waals surface area contributed by atoms with E-state index in [1.54, 1.807) is 24.3 Å². The van der Waals surface area contributed by atoms with Crippen LogP contribution >= 0.6 is 11.6 Å². The summed E-state index contributed by atoms with van der Waals surface area (Å²) in [5, 5.41) is 6.51. The van der Waals surface area contributed by atoms with E-state index in [9.17, 15) is 13.2 Å². The van der Waals surface area contributed by atoms with Crippen molar-refractivity contribution in [2.45, 2.75) is 23.8 Å². The lowest BCUT2D eigenvalue weighted by Crippen LogP contribution is -2.45. The molecular formula is C18H20ClN3O3S. The Kier molecular flexibility index (Phi) is 5.80. The molecule has 1 aliphatic heterocycles. The largest absolute Gasteiger partial charge is 0.348 e. The van der Waals surface area contributed by atoms with E-state index in [4.69, 9.17) is 11.6 Å². The lowest BCUT2D eigenvalue weighted by molar-refractivity contribution is 0.0930. The SMILES string of the molecule is O=C(NC1CCCNC1)c1ccc(S(=O)(=O)Nc2ccccc2Cl)cc1. The number of carbonyl (C=O) groups is 1. The number of halogens is 1. The van der Waals surface area contributed by atoms with Crippen LogP contribution in [-0.4, -0.2) is 33.5 Å². The van der Waals surface area contributed by atoms with Gasteiger partial charge in [-0.15, -0.1) is 0 Å². The number of hydrogen-bond acceptors (Lipinski definition) is 4. The lowest BCUT2D eigenvalue weighted by atomic mass is 10.1. The number of amides is 1.